The maximum atomic E-state index is 8.82. The fourth-order valence-electron chi connectivity index (χ4n) is 2.16. The second kappa shape index (κ2) is 6.46. The molecule has 2 aromatic carbocycles. The Morgan fingerprint density at radius 3 is 2.45 bits per heavy atom. The van der Waals surface area contributed by atoms with E-state index in [0.717, 1.165) is 22.2 Å². The van der Waals surface area contributed by atoms with Crippen LogP contribution in [-0.2, 0) is 0 Å². The van der Waals surface area contributed by atoms with Crippen molar-refractivity contribution < 1.29 is 0 Å². The van der Waals surface area contributed by atoms with Crippen molar-refractivity contribution in [2.24, 2.45) is 0 Å². The quantitative estimate of drug-likeness (QED) is 0.687. The van der Waals surface area contributed by atoms with Crippen molar-refractivity contribution in [3.05, 3.63) is 60.2 Å². The Morgan fingerprint density at radius 2 is 1.77 bits per heavy atom. The van der Waals surface area contributed by atoms with Gasteiger partial charge in [0.2, 0.25) is 0 Å². The summed E-state index contributed by atoms with van der Waals surface area (Å²) >= 11 is 1.39. The van der Waals surface area contributed by atoms with Crippen molar-refractivity contribution in [1.82, 2.24) is 14.8 Å². The van der Waals surface area contributed by atoms with Crippen LogP contribution < -0.4 is 0 Å². The third-order valence-electron chi connectivity index (χ3n) is 3.22. The van der Waals surface area contributed by atoms with Gasteiger partial charge in [-0.15, -0.1) is 10.2 Å². The van der Waals surface area contributed by atoms with Gasteiger partial charge in [0, 0.05) is 11.3 Å². The first-order valence-corrected chi connectivity index (χ1v) is 7.86. The van der Waals surface area contributed by atoms with Gasteiger partial charge >= 0.3 is 0 Å². The van der Waals surface area contributed by atoms with Crippen molar-refractivity contribution in [2.45, 2.75) is 12.1 Å². The van der Waals surface area contributed by atoms with Crippen LogP contribution in [0.25, 0.3) is 17.1 Å². The van der Waals surface area contributed by atoms with E-state index in [2.05, 4.69) is 35.3 Å². The number of benzene rings is 2. The largest absolute Gasteiger partial charge is 0.270 e. The summed E-state index contributed by atoms with van der Waals surface area (Å²) in [5.74, 6) is 1.13. The molecule has 0 unspecified atom stereocenters. The molecule has 3 rings (SSSR count). The summed E-state index contributed by atoms with van der Waals surface area (Å²) in [4.78, 5) is 0. The molecule has 1 heterocycles. The lowest BCUT2D eigenvalue weighted by atomic mass is 10.2. The number of thioether (sulfide) groups is 1. The minimum Gasteiger partial charge on any atom is -0.270 e. The predicted octanol–water partition coefficient (Wildman–Crippen LogP) is 3.86. The second-order valence-electron chi connectivity index (χ2n) is 4.79. The third kappa shape index (κ3) is 2.87. The Balaban J connectivity index is 2.13. The predicted molar refractivity (Wildman–Crippen MR) is 87.9 cm³/mol. The molecule has 0 aliphatic rings. The van der Waals surface area contributed by atoms with E-state index in [1.54, 1.807) is 0 Å². The Labute approximate surface area is 133 Å². The maximum absolute atomic E-state index is 8.82. The number of aryl methyl sites for hydroxylation is 1. The first-order chi connectivity index (χ1) is 10.8. The molecular weight excluding hydrogens is 292 g/mol. The minimum absolute atomic E-state index is 0.346. The van der Waals surface area contributed by atoms with E-state index in [1.807, 2.05) is 47.0 Å². The van der Waals surface area contributed by atoms with E-state index in [1.165, 1.54) is 17.3 Å². The van der Waals surface area contributed by atoms with Crippen LogP contribution in [-0.4, -0.2) is 20.5 Å². The first-order valence-electron chi connectivity index (χ1n) is 6.87. The van der Waals surface area contributed by atoms with Gasteiger partial charge in [-0.3, -0.25) is 4.57 Å². The molecule has 5 heteroatoms. The molecule has 108 valence electrons. The fourth-order valence-corrected chi connectivity index (χ4v) is 2.77. The van der Waals surface area contributed by atoms with Crippen LogP contribution in [0.1, 0.15) is 5.56 Å². The smallest absolute Gasteiger partial charge is 0.197 e. The average molecular weight is 306 g/mol. The van der Waals surface area contributed by atoms with Crippen LogP contribution in [0.3, 0.4) is 0 Å². The summed E-state index contributed by atoms with van der Waals surface area (Å²) in [6.45, 7) is 2.05. The highest BCUT2D eigenvalue weighted by atomic mass is 32.2. The van der Waals surface area contributed by atoms with E-state index in [0.29, 0.717) is 5.75 Å². The van der Waals surface area contributed by atoms with E-state index in [9.17, 15) is 0 Å². The van der Waals surface area contributed by atoms with E-state index < -0.39 is 0 Å². The zero-order chi connectivity index (χ0) is 15.4. The summed E-state index contributed by atoms with van der Waals surface area (Å²) in [5.41, 5.74) is 3.19. The number of aromatic nitrogens is 3. The SMILES string of the molecule is Cc1ccc(-n2c(SCC#N)nnc2-c2ccccc2)cc1. The molecule has 0 atom stereocenters. The molecule has 0 aliphatic heterocycles. The van der Waals surface area contributed by atoms with Gasteiger partial charge < -0.3 is 0 Å². The number of nitrogens with zero attached hydrogens (tertiary/aromatic N) is 4. The fraction of sp³-hybridized carbons (Fsp3) is 0.118. The molecule has 4 nitrogen and oxygen atoms in total. The number of nitriles is 1. The molecule has 0 N–H and O–H groups in total. The highest BCUT2D eigenvalue weighted by Gasteiger charge is 2.15. The van der Waals surface area contributed by atoms with Gasteiger partial charge in [0.1, 0.15) is 0 Å². The summed E-state index contributed by atoms with van der Waals surface area (Å²) in [6, 6.07) is 20.3. The van der Waals surface area contributed by atoms with Crippen molar-refractivity contribution >= 4 is 11.8 Å². The van der Waals surface area contributed by atoms with Crippen LogP contribution in [0, 0.1) is 18.3 Å². The lowest BCUT2D eigenvalue weighted by Crippen LogP contribution is -1.99. The van der Waals surface area contributed by atoms with Gasteiger partial charge in [0.15, 0.2) is 11.0 Å². The van der Waals surface area contributed by atoms with Crippen molar-refractivity contribution in [3.8, 4) is 23.1 Å². The van der Waals surface area contributed by atoms with Gasteiger partial charge in [-0.2, -0.15) is 5.26 Å². The number of hydrogen-bond acceptors (Lipinski definition) is 4. The molecular formula is C17H14N4S. The molecule has 0 amide bonds. The van der Waals surface area contributed by atoms with E-state index in [4.69, 9.17) is 5.26 Å². The van der Waals surface area contributed by atoms with Gasteiger partial charge in [0.25, 0.3) is 0 Å². The van der Waals surface area contributed by atoms with Crippen LogP contribution in [0.2, 0.25) is 0 Å². The molecule has 0 bridgehead atoms. The molecule has 1 aromatic heterocycles. The molecule has 0 spiro atoms. The van der Waals surface area contributed by atoms with Gasteiger partial charge in [-0.25, -0.2) is 0 Å². The zero-order valence-electron chi connectivity index (χ0n) is 12.1. The molecule has 22 heavy (non-hydrogen) atoms. The molecule has 0 radical (unpaired) electrons. The van der Waals surface area contributed by atoms with Crippen LogP contribution >= 0.6 is 11.8 Å². The Hall–Kier alpha value is -2.58. The minimum atomic E-state index is 0.346. The lowest BCUT2D eigenvalue weighted by Gasteiger charge is -2.10. The molecule has 0 saturated carbocycles. The average Bonchev–Trinajstić information content (AvgIpc) is 2.98. The molecule has 3 aromatic rings. The summed E-state index contributed by atoms with van der Waals surface area (Å²) in [7, 11) is 0. The molecule has 0 aliphatic carbocycles. The zero-order valence-corrected chi connectivity index (χ0v) is 12.9. The molecule has 0 fully saturated rings. The van der Waals surface area contributed by atoms with Gasteiger partial charge in [-0.1, -0.05) is 59.8 Å². The highest BCUT2D eigenvalue weighted by Crippen LogP contribution is 2.27. The monoisotopic (exact) mass is 306 g/mol. The van der Waals surface area contributed by atoms with Crippen molar-refractivity contribution in [1.29, 1.82) is 5.26 Å². The topological polar surface area (TPSA) is 54.5 Å². The number of hydrogen-bond donors (Lipinski definition) is 0. The van der Waals surface area contributed by atoms with Gasteiger partial charge in [0.05, 0.1) is 11.8 Å². The van der Waals surface area contributed by atoms with Crippen LogP contribution in [0.15, 0.2) is 59.8 Å². The Morgan fingerprint density at radius 1 is 1.05 bits per heavy atom. The van der Waals surface area contributed by atoms with Crippen LogP contribution in [0.4, 0.5) is 0 Å². The Bertz CT molecular complexity index is 801. The van der Waals surface area contributed by atoms with Crippen molar-refractivity contribution in [3.63, 3.8) is 0 Å². The highest BCUT2D eigenvalue weighted by molar-refractivity contribution is 7.99. The lowest BCUT2D eigenvalue weighted by molar-refractivity contribution is 0.887. The number of rotatable bonds is 4. The standard InChI is InChI=1S/C17H14N4S/c1-13-7-9-15(10-8-13)21-16(14-5-3-2-4-6-14)19-20-17(21)22-12-11-18/h2-10H,12H2,1H3. The maximum Gasteiger partial charge on any atom is 0.197 e. The molecule has 0 saturated heterocycles. The summed E-state index contributed by atoms with van der Waals surface area (Å²) in [6.07, 6.45) is 0. The second-order valence-corrected chi connectivity index (χ2v) is 5.73. The van der Waals surface area contributed by atoms with Crippen molar-refractivity contribution in [2.75, 3.05) is 5.75 Å². The van der Waals surface area contributed by atoms with Gasteiger partial charge in [-0.05, 0) is 19.1 Å². The normalized spacial score (nSPS) is 10.4. The van der Waals surface area contributed by atoms with Crippen LogP contribution in [0.5, 0.6) is 0 Å². The first kappa shape index (κ1) is 14.4. The van der Waals surface area contributed by atoms with E-state index >= 15 is 0 Å². The summed E-state index contributed by atoms with van der Waals surface area (Å²) in [5, 5.41) is 18.1. The Kier molecular flexibility index (Phi) is 4.22. The third-order valence-corrected chi connectivity index (χ3v) is 4.02. The summed E-state index contributed by atoms with van der Waals surface area (Å²) < 4.78 is 2.00. The van der Waals surface area contributed by atoms with E-state index in [-0.39, 0.29) is 0 Å².